The van der Waals surface area contributed by atoms with Gasteiger partial charge in [0, 0.05) is 20.1 Å². The lowest BCUT2D eigenvalue weighted by Gasteiger charge is -2.14. The molecule has 1 atom stereocenters. The third-order valence-corrected chi connectivity index (χ3v) is 1.74. The Kier molecular flexibility index (Phi) is 3.83. The minimum atomic E-state index is 0.0140. The zero-order chi connectivity index (χ0) is 8.10. The van der Waals surface area contributed by atoms with Crippen LogP contribution in [0.1, 0.15) is 13.3 Å². The Bertz CT molecular complexity index is 99.5. The van der Waals surface area contributed by atoms with Crippen LogP contribution in [-0.2, 0) is 14.2 Å². The van der Waals surface area contributed by atoms with Crippen molar-refractivity contribution in [2.45, 2.75) is 19.6 Å². The molecule has 3 heteroatoms. The highest BCUT2D eigenvalue weighted by atomic mass is 16.7. The van der Waals surface area contributed by atoms with E-state index in [-0.39, 0.29) is 6.29 Å². The maximum Gasteiger partial charge on any atom is 0.158 e. The van der Waals surface area contributed by atoms with E-state index in [0.29, 0.717) is 5.92 Å². The molecule has 0 aromatic rings. The van der Waals surface area contributed by atoms with Gasteiger partial charge < -0.3 is 14.2 Å². The predicted molar refractivity (Wildman–Crippen MR) is 41.3 cm³/mol. The summed E-state index contributed by atoms with van der Waals surface area (Å²) in [7, 11) is 1.72. The molecule has 1 saturated heterocycles. The molecule has 0 N–H and O–H groups in total. The van der Waals surface area contributed by atoms with Crippen molar-refractivity contribution in [3.8, 4) is 0 Å². The van der Waals surface area contributed by atoms with Gasteiger partial charge in [-0.3, -0.25) is 0 Å². The van der Waals surface area contributed by atoms with Crippen molar-refractivity contribution < 1.29 is 14.2 Å². The van der Waals surface area contributed by atoms with Crippen molar-refractivity contribution in [2.24, 2.45) is 5.92 Å². The van der Waals surface area contributed by atoms with Crippen molar-refractivity contribution in [1.29, 1.82) is 0 Å². The van der Waals surface area contributed by atoms with Crippen LogP contribution in [0.2, 0.25) is 0 Å². The molecule has 0 spiro atoms. The van der Waals surface area contributed by atoms with E-state index < -0.39 is 0 Å². The number of rotatable bonds is 4. The van der Waals surface area contributed by atoms with Gasteiger partial charge >= 0.3 is 0 Å². The molecule has 1 aliphatic rings. The Morgan fingerprint density at radius 1 is 1.45 bits per heavy atom. The van der Waals surface area contributed by atoms with Gasteiger partial charge in [0.1, 0.15) is 0 Å². The van der Waals surface area contributed by atoms with Crippen molar-refractivity contribution in [3.05, 3.63) is 0 Å². The molecular weight excluding hydrogens is 144 g/mol. The zero-order valence-corrected chi connectivity index (χ0v) is 7.21. The summed E-state index contributed by atoms with van der Waals surface area (Å²) in [6.45, 7) is 4.40. The van der Waals surface area contributed by atoms with Crippen molar-refractivity contribution in [2.75, 3.05) is 26.9 Å². The molecule has 1 rings (SSSR count). The summed E-state index contributed by atoms with van der Waals surface area (Å²) in [5, 5.41) is 0. The van der Waals surface area contributed by atoms with Gasteiger partial charge in [-0.05, 0) is 5.92 Å². The maximum absolute atomic E-state index is 5.29. The second-order valence-corrected chi connectivity index (χ2v) is 2.97. The van der Waals surface area contributed by atoms with Crippen molar-refractivity contribution in [1.82, 2.24) is 0 Å². The topological polar surface area (TPSA) is 27.7 Å². The first-order valence-corrected chi connectivity index (χ1v) is 4.05. The van der Waals surface area contributed by atoms with Gasteiger partial charge in [0.2, 0.25) is 0 Å². The van der Waals surface area contributed by atoms with Gasteiger partial charge in [-0.1, -0.05) is 6.92 Å². The molecule has 0 aromatic heterocycles. The van der Waals surface area contributed by atoms with Crippen LogP contribution in [-0.4, -0.2) is 33.2 Å². The highest BCUT2D eigenvalue weighted by molar-refractivity contribution is 4.58. The maximum atomic E-state index is 5.29. The lowest BCUT2D eigenvalue weighted by molar-refractivity contribution is -0.0608. The van der Waals surface area contributed by atoms with Crippen LogP contribution < -0.4 is 0 Å². The Morgan fingerprint density at radius 2 is 2.09 bits per heavy atom. The Hall–Kier alpha value is -0.120. The van der Waals surface area contributed by atoms with Gasteiger partial charge in [0.25, 0.3) is 0 Å². The summed E-state index contributed by atoms with van der Waals surface area (Å²) in [6.07, 6.45) is 0.952. The van der Waals surface area contributed by atoms with Crippen LogP contribution in [0.15, 0.2) is 0 Å². The van der Waals surface area contributed by atoms with E-state index in [4.69, 9.17) is 14.2 Å². The number of hydrogen-bond acceptors (Lipinski definition) is 3. The van der Waals surface area contributed by atoms with Crippen molar-refractivity contribution in [3.63, 3.8) is 0 Å². The molecule has 3 nitrogen and oxygen atoms in total. The molecule has 1 aliphatic heterocycles. The summed E-state index contributed by atoms with van der Waals surface area (Å²) in [5.74, 6) is 0.517. The molecule has 0 bridgehead atoms. The summed E-state index contributed by atoms with van der Waals surface area (Å²) in [5.41, 5.74) is 0. The van der Waals surface area contributed by atoms with Gasteiger partial charge in [-0.2, -0.15) is 0 Å². The van der Waals surface area contributed by atoms with E-state index >= 15 is 0 Å². The fourth-order valence-corrected chi connectivity index (χ4v) is 1.22. The van der Waals surface area contributed by atoms with Crippen LogP contribution in [0.25, 0.3) is 0 Å². The molecule has 1 unspecified atom stereocenters. The average Bonchev–Trinajstić information content (AvgIpc) is 2.40. The third kappa shape index (κ3) is 3.18. The van der Waals surface area contributed by atoms with E-state index in [1.807, 2.05) is 0 Å². The molecule has 0 radical (unpaired) electrons. The van der Waals surface area contributed by atoms with Crippen LogP contribution in [0.4, 0.5) is 0 Å². The minimum Gasteiger partial charge on any atom is -0.384 e. The molecule has 0 saturated carbocycles. The second-order valence-electron chi connectivity index (χ2n) is 2.97. The Morgan fingerprint density at radius 3 is 2.64 bits per heavy atom. The van der Waals surface area contributed by atoms with Gasteiger partial charge in [0.15, 0.2) is 6.29 Å². The van der Waals surface area contributed by atoms with Crippen molar-refractivity contribution >= 4 is 0 Å². The summed E-state index contributed by atoms with van der Waals surface area (Å²) in [6, 6.07) is 0. The second kappa shape index (κ2) is 4.70. The first-order chi connectivity index (χ1) is 5.33. The summed E-state index contributed by atoms with van der Waals surface area (Å²) < 4.78 is 15.6. The van der Waals surface area contributed by atoms with E-state index in [1.165, 1.54) is 0 Å². The molecule has 0 aliphatic carbocycles. The normalized spacial score (nSPS) is 22.4. The minimum absolute atomic E-state index is 0.0140. The number of hydrogen-bond donors (Lipinski definition) is 0. The first kappa shape index (κ1) is 8.97. The fraction of sp³-hybridized carbons (Fsp3) is 1.00. The molecule has 66 valence electrons. The van der Waals surface area contributed by atoms with E-state index in [9.17, 15) is 0 Å². The zero-order valence-electron chi connectivity index (χ0n) is 7.21. The largest absolute Gasteiger partial charge is 0.384 e. The predicted octanol–water partition coefficient (Wildman–Crippen LogP) is 1.03. The monoisotopic (exact) mass is 160 g/mol. The lowest BCUT2D eigenvalue weighted by Crippen LogP contribution is -2.15. The SMILES string of the molecule is COCC(C)CC1OCCO1. The van der Waals surface area contributed by atoms with Crippen LogP contribution in [0, 0.1) is 5.92 Å². The Labute approximate surface area is 67.6 Å². The first-order valence-electron chi connectivity index (χ1n) is 4.05. The summed E-state index contributed by atoms with van der Waals surface area (Å²) in [4.78, 5) is 0. The van der Waals surface area contributed by atoms with Gasteiger partial charge in [0.05, 0.1) is 13.2 Å². The average molecular weight is 160 g/mol. The van der Waals surface area contributed by atoms with E-state index in [2.05, 4.69) is 6.92 Å². The highest BCUT2D eigenvalue weighted by Gasteiger charge is 2.18. The molecule has 0 aromatic carbocycles. The quantitative estimate of drug-likeness (QED) is 0.614. The standard InChI is InChI=1S/C8H16O3/c1-7(6-9-2)5-8-10-3-4-11-8/h7-8H,3-6H2,1-2H3. The summed E-state index contributed by atoms with van der Waals surface area (Å²) >= 11 is 0. The van der Waals surface area contributed by atoms with Crippen LogP contribution >= 0.6 is 0 Å². The lowest BCUT2D eigenvalue weighted by atomic mass is 10.1. The fourth-order valence-electron chi connectivity index (χ4n) is 1.22. The molecule has 1 fully saturated rings. The molecular formula is C8H16O3. The van der Waals surface area contributed by atoms with Crippen LogP contribution in [0.3, 0.4) is 0 Å². The smallest absolute Gasteiger partial charge is 0.158 e. The highest BCUT2D eigenvalue weighted by Crippen LogP contribution is 2.14. The van der Waals surface area contributed by atoms with Gasteiger partial charge in [-0.15, -0.1) is 0 Å². The molecule has 1 heterocycles. The molecule has 11 heavy (non-hydrogen) atoms. The number of ether oxygens (including phenoxy) is 3. The van der Waals surface area contributed by atoms with Crippen LogP contribution in [0.5, 0.6) is 0 Å². The third-order valence-electron chi connectivity index (χ3n) is 1.74. The Balaban J connectivity index is 2.08. The molecule has 0 amide bonds. The number of methoxy groups -OCH3 is 1. The van der Waals surface area contributed by atoms with E-state index in [1.54, 1.807) is 7.11 Å². The van der Waals surface area contributed by atoms with E-state index in [0.717, 1.165) is 26.2 Å². The van der Waals surface area contributed by atoms with Gasteiger partial charge in [-0.25, -0.2) is 0 Å².